The Morgan fingerprint density at radius 3 is 2.13 bits per heavy atom. The molecule has 272 valence electrons. The molecule has 2 aromatic heterocycles. The van der Waals surface area contributed by atoms with E-state index >= 15 is 0 Å². The predicted octanol–water partition coefficient (Wildman–Crippen LogP) is 9.53. The number of aromatic nitrogens is 2. The molecule has 0 radical (unpaired) electrons. The summed E-state index contributed by atoms with van der Waals surface area (Å²) in [5.41, 5.74) is 9.08. The molecule has 7 aromatic rings. The summed E-state index contributed by atoms with van der Waals surface area (Å²) in [5, 5.41) is 11.0. The third-order valence-electron chi connectivity index (χ3n) is 9.78. The first-order chi connectivity index (χ1) is 26.3. The van der Waals surface area contributed by atoms with Crippen LogP contribution >= 0.6 is 11.6 Å². The molecule has 0 aliphatic heterocycles. The highest BCUT2D eigenvalue weighted by atomic mass is 35.5. The van der Waals surface area contributed by atoms with Crippen molar-refractivity contribution in [2.24, 2.45) is 0 Å². The van der Waals surface area contributed by atoms with Gasteiger partial charge in [-0.1, -0.05) is 115 Å². The van der Waals surface area contributed by atoms with Crippen LogP contribution in [0.15, 0.2) is 152 Å². The van der Waals surface area contributed by atoms with Gasteiger partial charge >= 0.3 is 5.97 Å². The monoisotopic (exact) mass is 753 g/mol. The third-order valence-corrected chi connectivity index (χ3v) is 11.4. The summed E-state index contributed by atoms with van der Waals surface area (Å²) < 4.78 is 32.8. The lowest BCUT2D eigenvalue weighted by atomic mass is 9.97. The van der Waals surface area contributed by atoms with Gasteiger partial charge in [-0.25, -0.2) is 17.9 Å². The maximum absolute atomic E-state index is 13.7. The summed E-state index contributed by atoms with van der Waals surface area (Å²) in [5.74, 6) is -1.11. The molecular weight excluding hydrogens is 714 g/mol. The van der Waals surface area contributed by atoms with E-state index < -0.39 is 16.0 Å². The fourth-order valence-electron chi connectivity index (χ4n) is 7.33. The number of rotatable bonds is 15. The number of benzene rings is 5. The van der Waals surface area contributed by atoms with Crippen molar-refractivity contribution in [3.63, 3.8) is 0 Å². The summed E-state index contributed by atoms with van der Waals surface area (Å²) in [6, 6.07) is 44.8. The molecule has 7 nitrogen and oxygen atoms in total. The number of carbonyl (C=O) groups is 1. The Morgan fingerprint density at radius 1 is 0.778 bits per heavy atom. The van der Waals surface area contributed by atoms with E-state index in [1.54, 1.807) is 24.5 Å². The van der Waals surface area contributed by atoms with Crippen LogP contribution in [0.4, 0.5) is 0 Å². The Bertz CT molecular complexity index is 2430. The minimum absolute atomic E-state index is 0.166. The smallest absolute Gasteiger partial charge is 0.335 e. The van der Waals surface area contributed by atoms with Crippen LogP contribution in [-0.2, 0) is 35.0 Å². The number of hydrogen-bond donors (Lipinski definition) is 2. The van der Waals surface area contributed by atoms with Crippen LogP contribution in [0.3, 0.4) is 0 Å². The lowest BCUT2D eigenvalue weighted by molar-refractivity contribution is 0.0697. The third kappa shape index (κ3) is 8.47. The van der Waals surface area contributed by atoms with Crippen molar-refractivity contribution in [2.75, 3.05) is 6.54 Å². The van der Waals surface area contributed by atoms with E-state index in [1.807, 2.05) is 97.1 Å². The molecule has 0 atom stereocenters. The van der Waals surface area contributed by atoms with Gasteiger partial charge in [0.15, 0.2) is 0 Å². The van der Waals surface area contributed by atoms with Gasteiger partial charge in [-0.15, -0.1) is 0 Å². The van der Waals surface area contributed by atoms with E-state index in [0.717, 1.165) is 62.8 Å². The normalized spacial score (nSPS) is 11.7. The lowest BCUT2D eigenvalue weighted by Crippen LogP contribution is -2.28. The molecule has 0 fully saturated rings. The number of fused-ring (bicyclic) bond motifs is 1. The Labute approximate surface area is 321 Å². The van der Waals surface area contributed by atoms with Crippen LogP contribution in [-0.4, -0.2) is 35.6 Å². The van der Waals surface area contributed by atoms with Gasteiger partial charge in [0, 0.05) is 52.5 Å². The topological polar surface area (TPSA) is 101 Å². The number of pyridine rings is 1. The van der Waals surface area contributed by atoms with E-state index in [-0.39, 0.29) is 23.9 Å². The number of carboxylic acids is 1. The van der Waals surface area contributed by atoms with Crippen molar-refractivity contribution in [3.8, 4) is 11.1 Å². The molecule has 2 heterocycles. The van der Waals surface area contributed by atoms with Crippen LogP contribution in [0, 0.1) is 0 Å². The SMILES string of the molecule is O=C(O)c1ccc(CCCc2c(CCNS(=O)(=O)Cc3ccccc3-c3cccnc3)n(C(c3ccccc3)c3ccccc3)c3ccc(Cl)cc23)cc1. The summed E-state index contributed by atoms with van der Waals surface area (Å²) in [4.78, 5) is 15.6. The molecule has 0 saturated heterocycles. The molecule has 0 bridgehead atoms. The molecule has 0 spiro atoms. The molecule has 54 heavy (non-hydrogen) atoms. The molecule has 0 aliphatic carbocycles. The van der Waals surface area contributed by atoms with Gasteiger partial charge in [0.25, 0.3) is 0 Å². The Hall–Kier alpha value is -5.54. The average Bonchev–Trinajstić information content (AvgIpc) is 3.47. The fourth-order valence-corrected chi connectivity index (χ4v) is 8.67. The second kappa shape index (κ2) is 16.6. The maximum Gasteiger partial charge on any atom is 0.335 e. The highest BCUT2D eigenvalue weighted by molar-refractivity contribution is 7.88. The first-order valence-electron chi connectivity index (χ1n) is 18.0. The van der Waals surface area contributed by atoms with Crippen molar-refractivity contribution >= 4 is 38.5 Å². The number of aryl methyl sites for hydroxylation is 2. The van der Waals surface area contributed by atoms with Crippen molar-refractivity contribution in [1.29, 1.82) is 0 Å². The van der Waals surface area contributed by atoms with E-state index in [2.05, 4.69) is 44.6 Å². The van der Waals surface area contributed by atoms with Crippen LogP contribution in [0.1, 0.15) is 56.3 Å². The van der Waals surface area contributed by atoms with Gasteiger partial charge < -0.3 is 9.67 Å². The number of halogens is 1. The zero-order chi connectivity index (χ0) is 37.5. The average molecular weight is 754 g/mol. The number of sulfonamides is 1. The van der Waals surface area contributed by atoms with Gasteiger partial charge in [-0.05, 0) is 89.0 Å². The van der Waals surface area contributed by atoms with Gasteiger partial charge in [0.1, 0.15) is 0 Å². The van der Waals surface area contributed by atoms with Crippen LogP contribution in [0.2, 0.25) is 5.02 Å². The minimum atomic E-state index is -3.73. The number of carboxylic acid groups (broad SMARTS) is 1. The number of hydrogen-bond acceptors (Lipinski definition) is 4. The highest BCUT2D eigenvalue weighted by Gasteiger charge is 2.26. The Morgan fingerprint density at radius 2 is 1.46 bits per heavy atom. The van der Waals surface area contributed by atoms with E-state index in [1.165, 1.54) is 0 Å². The van der Waals surface area contributed by atoms with Crippen LogP contribution in [0.25, 0.3) is 22.0 Å². The molecule has 0 aliphatic rings. The van der Waals surface area contributed by atoms with E-state index in [4.69, 9.17) is 11.6 Å². The Kier molecular flexibility index (Phi) is 11.3. The zero-order valence-corrected chi connectivity index (χ0v) is 31.2. The molecular formula is C45H40ClN3O4S. The lowest BCUT2D eigenvalue weighted by Gasteiger charge is -2.25. The van der Waals surface area contributed by atoms with E-state index in [9.17, 15) is 18.3 Å². The second-order valence-electron chi connectivity index (χ2n) is 13.3. The zero-order valence-electron chi connectivity index (χ0n) is 29.6. The molecule has 7 rings (SSSR count). The number of nitrogens with zero attached hydrogens (tertiary/aromatic N) is 2. The molecule has 0 saturated carbocycles. The van der Waals surface area contributed by atoms with Crippen LogP contribution in [0.5, 0.6) is 0 Å². The summed E-state index contributed by atoms with van der Waals surface area (Å²) in [6.07, 6.45) is 6.13. The standard InChI is InChI=1S/C45H40ClN3O4S/c46-38-24-25-42-41(29-38)40(19-9-11-32-20-22-35(23-21-32)45(50)51)43(49(42)44(33-12-3-1-4-13-33)34-14-5-2-6-15-34)26-28-48-54(52,53)31-37-16-7-8-18-39(37)36-17-10-27-47-30-36/h1-8,10,12-18,20-25,27,29-30,44,48H,9,11,19,26,28,31H2,(H,50,51). The maximum atomic E-state index is 13.7. The van der Waals surface area contributed by atoms with Crippen molar-refractivity contribution in [2.45, 2.75) is 37.5 Å². The second-order valence-corrected chi connectivity index (χ2v) is 15.6. The van der Waals surface area contributed by atoms with Crippen molar-refractivity contribution in [3.05, 3.63) is 196 Å². The molecule has 9 heteroatoms. The minimum Gasteiger partial charge on any atom is -0.478 e. The highest BCUT2D eigenvalue weighted by Crippen LogP contribution is 2.38. The predicted molar refractivity (Wildman–Crippen MR) is 217 cm³/mol. The van der Waals surface area contributed by atoms with Gasteiger partial charge in [0.05, 0.1) is 17.4 Å². The van der Waals surface area contributed by atoms with E-state index in [0.29, 0.717) is 23.4 Å². The Balaban J connectivity index is 1.25. The molecule has 2 N–H and O–H groups in total. The molecule has 5 aromatic carbocycles. The van der Waals surface area contributed by atoms with Crippen LogP contribution < -0.4 is 4.72 Å². The van der Waals surface area contributed by atoms with Gasteiger partial charge in [-0.3, -0.25) is 4.98 Å². The first-order valence-corrected chi connectivity index (χ1v) is 20.0. The summed E-state index contributed by atoms with van der Waals surface area (Å²) in [6.45, 7) is 0.196. The van der Waals surface area contributed by atoms with Crippen molar-refractivity contribution in [1.82, 2.24) is 14.3 Å². The summed E-state index contributed by atoms with van der Waals surface area (Å²) >= 11 is 6.68. The number of nitrogens with one attached hydrogen (secondary N) is 1. The van der Waals surface area contributed by atoms with Crippen molar-refractivity contribution < 1.29 is 18.3 Å². The quantitative estimate of drug-likeness (QED) is 0.109. The van der Waals surface area contributed by atoms with Gasteiger partial charge in [-0.2, -0.15) is 0 Å². The molecule has 0 unspecified atom stereocenters. The fraction of sp³-hybridized carbons (Fsp3) is 0.156. The first kappa shape index (κ1) is 36.8. The molecule has 0 amide bonds. The largest absolute Gasteiger partial charge is 0.478 e. The summed E-state index contributed by atoms with van der Waals surface area (Å²) in [7, 11) is -3.73. The van der Waals surface area contributed by atoms with Gasteiger partial charge in [0.2, 0.25) is 10.0 Å². The number of aromatic carboxylic acids is 1.